The third-order valence-electron chi connectivity index (χ3n) is 5.36. The molecule has 1 saturated carbocycles. The zero-order chi connectivity index (χ0) is 21.8. The van der Waals surface area contributed by atoms with Crippen LogP contribution in [0, 0.1) is 6.92 Å². The predicted molar refractivity (Wildman–Crippen MR) is 117 cm³/mol. The molecule has 0 spiro atoms. The van der Waals surface area contributed by atoms with Crippen molar-refractivity contribution in [1.82, 2.24) is 14.8 Å². The molecule has 0 unspecified atom stereocenters. The number of ether oxygens (including phenoxy) is 1. The van der Waals surface area contributed by atoms with E-state index in [1.165, 1.54) is 11.3 Å². The SMILES string of the molecule is Cc1ccc(C(=O)N(CC(=O)Nc2nc(CC(=O)N3CCOCC3)cs2)C2CC2)cc1. The van der Waals surface area contributed by atoms with Crippen molar-refractivity contribution in [3.05, 3.63) is 46.5 Å². The molecule has 1 aromatic carbocycles. The summed E-state index contributed by atoms with van der Waals surface area (Å²) in [5, 5.41) is 4.99. The second kappa shape index (κ2) is 9.57. The van der Waals surface area contributed by atoms with E-state index in [0.29, 0.717) is 42.7 Å². The van der Waals surface area contributed by atoms with Crippen molar-refractivity contribution >= 4 is 34.2 Å². The molecule has 2 heterocycles. The molecule has 9 heteroatoms. The highest BCUT2D eigenvalue weighted by atomic mass is 32.1. The van der Waals surface area contributed by atoms with Gasteiger partial charge in [-0.15, -0.1) is 11.3 Å². The summed E-state index contributed by atoms with van der Waals surface area (Å²) in [6.07, 6.45) is 2.03. The zero-order valence-electron chi connectivity index (χ0n) is 17.5. The van der Waals surface area contributed by atoms with Gasteiger partial charge in [-0.25, -0.2) is 4.98 Å². The summed E-state index contributed by atoms with van der Waals surface area (Å²) < 4.78 is 5.27. The molecule has 2 aromatic rings. The normalized spacial score (nSPS) is 16.1. The average molecular weight is 443 g/mol. The number of hydrogen-bond donors (Lipinski definition) is 1. The summed E-state index contributed by atoms with van der Waals surface area (Å²) in [5.74, 6) is -0.406. The number of carbonyl (C=O) groups excluding carboxylic acids is 3. The minimum Gasteiger partial charge on any atom is -0.378 e. The topological polar surface area (TPSA) is 91.8 Å². The number of rotatable bonds is 7. The van der Waals surface area contributed by atoms with Gasteiger partial charge in [0.25, 0.3) is 5.91 Å². The number of carbonyl (C=O) groups is 3. The Bertz CT molecular complexity index is 949. The fourth-order valence-corrected chi connectivity index (χ4v) is 4.18. The van der Waals surface area contributed by atoms with Gasteiger partial charge in [-0.1, -0.05) is 17.7 Å². The Morgan fingerprint density at radius 3 is 2.58 bits per heavy atom. The number of amides is 3. The molecule has 0 bridgehead atoms. The molecule has 4 rings (SSSR count). The minimum absolute atomic E-state index is 0.00933. The number of nitrogens with one attached hydrogen (secondary N) is 1. The van der Waals surface area contributed by atoms with Crippen LogP contribution in [0.15, 0.2) is 29.6 Å². The van der Waals surface area contributed by atoms with Gasteiger partial charge in [-0.2, -0.15) is 0 Å². The van der Waals surface area contributed by atoms with Gasteiger partial charge in [0, 0.05) is 30.1 Å². The highest BCUT2D eigenvalue weighted by Crippen LogP contribution is 2.28. The van der Waals surface area contributed by atoms with E-state index < -0.39 is 0 Å². The summed E-state index contributed by atoms with van der Waals surface area (Å²) in [4.78, 5) is 45.6. The van der Waals surface area contributed by atoms with Gasteiger partial charge in [-0.3, -0.25) is 14.4 Å². The van der Waals surface area contributed by atoms with Crippen LogP contribution in [0.5, 0.6) is 0 Å². The van der Waals surface area contributed by atoms with Gasteiger partial charge in [-0.05, 0) is 31.9 Å². The number of nitrogens with zero attached hydrogens (tertiary/aromatic N) is 3. The molecular weight excluding hydrogens is 416 g/mol. The maximum Gasteiger partial charge on any atom is 0.254 e. The van der Waals surface area contributed by atoms with Gasteiger partial charge in [0.15, 0.2) is 5.13 Å². The fraction of sp³-hybridized carbons (Fsp3) is 0.455. The number of aromatic nitrogens is 1. The van der Waals surface area contributed by atoms with Crippen LogP contribution in [0.4, 0.5) is 5.13 Å². The summed E-state index contributed by atoms with van der Waals surface area (Å²) in [6, 6.07) is 7.49. The van der Waals surface area contributed by atoms with E-state index in [9.17, 15) is 14.4 Å². The highest BCUT2D eigenvalue weighted by Gasteiger charge is 2.34. The Labute approximate surface area is 185 Å². The predicted octanol–water partition coefficient (Wildman–Crippen LogP) is 2.10. The quantitative estimate of drug-likeness (QED) is 0.709. The molecule has 2 fully saturated rings. The monoisotopic (exact) mass is 442 g/mol. The fourth-order valence-electron chi connectivity index (χ4n) is 3.45. The molecule has 1 N–H and O–H groups in total. The molecule has 1 aliphatic heterocycles. The molecule has 2 aliphatic rings. The largest absolute Gasteiger partial charge is 0.378 e. The first-order chi connectivity index (χ1) is 15.0. The number of thiazole rings is 1. The molecule has 1 aromatic heterocycles. The molecule has 8 nitrogen and oxygen atoms in total. The first-order valence-electron chi connectivity index (χ1n) is 10.5. The van der Waals surface area contributed by atoms with Gasteiger partial charge >= 0.3 is 0 Å². The number of benzene rings is 1. The standard InChI is InChI=1S/C22H26N4O4S/c1-15-2-4-16(5-3-15)21(29)26(18-6-7-18)13-19(27)24-22-23-17(14-31-22)12-20(28)25-8-10-30-11-9-25/h2-5,14,18H,6-13H2,1H3,(H,23,24,27). The Balaban J connectivity index is 1.33. The van der Waals surface area contributed by atoms with E-state index in [1.54, 1.807) is 27.3 Å². The number of hydrogen-bond acceptors (Lipinski definition) is 6. The van der Waals surface area contributed by atoms with E-state index >= 15 is 0 Å². The Hall–Kier alpha value is -2.78. The molecule has 164 valence electrons. The van der Waals surface area contributed by atoms with Crippen LogP contribution >= 0.6 is 11.3 Å². The van der Waals surface area contributed by atoms with Crippen LogP contribution in [-0.2, 0) is 20.7 Å². The van der Waals surface area contributed by atoms with Crippen molar-refractivity contribution in [3.8, 4) is 0 Å². The summed E-state index contributed by atoms with van der Waals surface area (Å²) in [7, 11) is 0. The molecule has 3 amide bonds. The van der Waals surface area contributed by atoms with Crippen LogP contribution in [-0.4, -0.2) is 71.4 Å². The number of aryl methyl sites for hydroxylation is 1. The lowest BCUT2D eigenvalue weighted by Gasteiger charge is -2.26. The average Bonchev–Trinajstić information content (AvgIpc) is 3.53. The summed E-state index contributed by atoms with van der Waals surface area (Å²) >= 11 is 1.28. The highest BCUT2D eigenvalue weighted by molar-refractivity contribution is 7.13. The number of morpholine rings is 1. The molecule has 1 aliphatic carbocycles. The zero-order valence-corrected chi connectivity index (χ0v) is 18.3. The van der Waals surface area contributed by atoms with E-state index in [2.05, 4.69) is 10.3 Å². The second-order valence-corrected chi connectivity index (χ2v) is 8.75. The van der Waals surface area contributed by atoms with E-state index in [-0.39, 0.29) is 36.7 Å². The van der Waals surface area contributed by atoms with Crippen molar-refractivity contribution in [3.63, 3.8) is 0 Å². The first kappa shape index (κ1) is 21.5. The third-order valence-corrected chi connectivity index (χ3v) is 6.16. The summed E-state index contributed by atoms with van der Waals surface area (Å²) in [6.45, 7) is 4.26. The minimum atomic E-state index is -0.284. The third kappa shape index (κ3) is 5.68. The van der Waals surface area contributed by atoms with E-state index in [4.69, 9.17) is 4.74 Å². The maximum absolute atomic E-state index is 12.9. The Morgan fingerprint density at radius 2 is 1.90 bits per heavy atom. The van der Waals surface area contributed by atoms with Crippen LogP contribution in [0.25, 0.3) is 0 Å². The Morgan fingerprint density at radius 1 is 1.19 bits per heavy atom. The second-order valence-electron chi connectivity index (χ2n) is 7.89. The molecular formula is C22H26N4O4S. The Kier molecular flexibility index (Phi) is 6.62. The molecule has 0 radical (unpaired) electrons. The van der Waals surface area contributed by atoms with Crippen molar-refractivity contribution < 1.29 is 19.1 Å². The van der Waals surface area contributed by atoms with Gasteiger partial charge in [0.05, 0.1) is 25.3 Å². The van der Waals surface area contributed by atoms with E-state index in [1.807, 2.05) is 19.1 Å². The van der Waals surface area contributed by atoms with Crippen LogP contribution in [0.3, 0.4) is 0 Å². The van der Waals surface area contributed by atoms with Crippen molar-refractivity contribution in [2.45, 2.75) is 32.2 Å². The molecule has 0 atom stereocenters. The molecule has 31 heavy (non-hydrogen) atoms. The lowest BCUT2D eigenvalue weighted by molar-refractivity contribution is -0.134. The van der Waals surface area contributed by atoms with Crippen molar-refractivity contribution in [2.75, 3.05) is 38.2 Å². The lowest BCUT2D eigenvalue weighted by atomic mass is 10.1. The van der Waals surface area contributed by atoms with Gasteiger partial charge in [0.2, 0.25) is 11.8 Å². The first-order valence-corrected chi connectivity index (χ1v) is 11.3. The van der Waals surface area contributed by atoms with Crippen LogP contribution < -0.4 is 5.32 Å². The lowest BCUT2D eigenvalue weighted by Crippen LogP contribution is -2.41. The van der Waals surface area contributed by atoms with Crippen molar-refractivity contribution in [1.29, 1.82) is 0 Å². The van der Waals surface area contributed by atoms with Gasteiger partial charge < -0.3 is 19.9 Å². The molecule has 1 saturated heterocycles. The van der Waals surface area contributed by atoms with Crippen LogP contribution in [0.1, 0.15) is 34.5 Å². The van der Waals surface area contributed by atoms with Gasteiger partial charge in [0.1, 0.15) is 6.54 Å². The smallest absolute Gasteiger partial charge is 0.254 e. The van der Waals surface area contributed by atoms with Crippen molar-refractivity contribution in [2.24, 2.45) is 0 Å². The number of anilines is 1. The van der Waals surface area contributed by atoms with Crippen LogP contribution in [0.2, 0.25) is 0 Å². The van der Waals surface area contributed by atoms with E-state index in [0.717, 1.165) is 18.4 Å². The summed E-state index contributed by atoms with van der Waals surface area (Å²) in [5.41, 5.74) is 2.30. The maximum atomic E-state index is 12.9.